The summed E-state index contributed by atoms with van der Waals surface area (Å²) in [6.45, 7) is 4.28. The van der Waals surface area contributed by atoms with Crippen LogP contribution in [0.25, 0.3) is 0 Å². The van der Waals surface area contributed by atoms with E-state index in [-0.39, 0.29) is 12.1 Å². The Hall–Kier alpha value is -0.930. The molecule has 96 valence electrons. The predicted octanol–water partition coefficient (Wildman–Crippen LogP) is 2.33. The Kier molecular flexibility index (Phi) is 6.16. The second-order valence-corrected chi connectivity index (χ2v) is 4.44. The fourth-order valence-corrected chi connectivity index (χ4v) is 1.95. The Labute approximate surface area is 104 Å². The molecule has 2 atom stereocenters. The number of aryl methyl sites for hydroxylation is 1. The van der Waals surface area contributed by atoms with Crippen molar-refractivity contribution < 1.29 is 4.74 Å². The second-order valence-electron chi connectivity index (χ2n) is 4.44. The molecule has 0 aliphatic carbocycles. The molecule has 0 aliphatic rings. The van der Waals surface area contributed by atoms with Crippen LogP contribution < -0.4 is 5.73 Å². The minimum absolute atomic E-state index is 0.0277. The van der Waals surface area contributed by atoms with Crippen molar-refractivity contribution in [1.29, 1.82) is 0 Å². The van der Waals surface area contributed by atoms with Gasteiger partial charge in [-0.3, -0.25) is 4.98 Å². The maximum Gasteiger partial charge on any atom is 0.0725 e. The molecule has 0 fully saturated rings. The Balaban J connectivity index is 2.56. The highest BCUT2D eigenvalue weighted by molar-refractivity contribution is 5.14. The first-order valence-electron chi connectivity index (χ1n) is 6.43. The first-order chi connectivity index (χ1) is 8.21. The molecule has 0 bridgehead atoms. The molecule has 17 heavy (non-hydrogen) atoms. The Morgan fingerprint density at radius 3 is 2.59 bits per heavy atom. The van der Waals surface area contributed by atoms with Gasteiger partial charge in [-0.15, -0.1) is 0 Å². The topological polar surface area (TPSA) is 48.1 Å². The first-order valence-corrected chi connectivity index (χ1v) is 6.43. The molecule has 0 aliphatic heterocycles. The maximum absolute atomic E-state index is 6.15. The molecule has 0 radical (unpaired) electrons. The number of rotatable bonds is 7. The molecule has 3 heteroatoms. The zero-order valence-corrected chi connectivity index (χ0v) is 11.1. The summed E-state index contributed by atoms with van der Waals surface area (Å²) in [6, 6.07) is 4.22. The monoisotopic (exact) mass is 236 g/mol. The molecule has 1 aromatic rings. The van der Waals surface area contributed by atoms with E-state index in [2.05, 4.69) is 31.0 Å². The SMILES string of the molecule is CCCC(OC)C(N)Cc1ccc(CC)cn1. The normalized spacial score (nSPS) is 14.6. The number of hydrogen-bond donors (Lipinski definition) is 1. The van der Waals surface area contributed by atoms with Gasteiger partial charge in [0.15, 0.2) is 0 Å². The molecule has 1 heterocycles. The number of nitrogens with zero attached hydrogens (tertiary/aromatic N) is 1. The molecule has 2 N–H and O–H groups in total. The number of ether oxygens (including phenoxy) is 1. The van der Waals surface area contributed by atoms with Gasteiger partial charge in [0.2, 0.25) is 0 Å². The van der Waals surface area contributed by atoms with Gasteiger partial charge in [-0.05, 0) is 24.5 Å². The molecule has 0 saturated carbocycles. The van der Waals surface area contributed by atoms with Gasteiger partial charge in [-0.1, -0.05) is 26.3 Å². The van der Waals surface area contributed by atoms with Crippen LogP contribution in [-0.2, 0) is 17.6 Å². The highest BCUT2D eigenvalue weighted by Crippen LogP contribution is 2.10. The highest BCUT2D eigenvalue weighted by Gasteiger charge is 2.17. The van der Waals surface area contributed by atoms with Crippen molar-refractivity contribution in [3.05, 3.63) is 29.6 Å². The Morgan fingerprint density at radius 1 is 1.35 bits per heavy atom. The lowest BCUT2D eigenvalue weighted by Gasteiger charge is -2.21. The van der Waals surface area contributed by atoms with E-state index in [1.54, 1.807) is 7.11 Å². The van der Waals surface area contributed by atoms with Crippen molar-refractivity contribution in [2.24, 2.45) is 5.73 Å². The number of hydrogen-bond acceptors (Lipinski definition) is 3. The van der Waals surface area contributed by atoms with Crippen LogP contribution in [0.5, 0.6) is 0 Å². The summed E-state index contributed by atoms with van der Waals surface area (Å²) in [4.78, 5) is 4.43. The van der Waals surface area contributed by atoms with Crippen molar-refractivity contribution >= 4 is 0 Å². The van der Waals surface area contributed by atoms with E-state index in [0.29, 0.717) is 0 Å². The fraction of sp³-hybridized carbons (Fsp3) is 0.643. The van der Waals surface area contributed by atoms with E-state index in [4.69, 9.17) is 10.5 Å². The van der Waals surface area contributed by atoms with Crippen molar-refractivity contribution in [2.75, 3.05) is 7.11 Å². The average molecular weight is 236 g/mol. The summed E-state index contributed by atoms with van der Waals surface area (Å²) in [5.41, 5.74) is 8.46. The average Bonchev–Trinajstić information content (AvgIpc) is 2.36. The summed E-state index contributed by atoms with van der Waals surface area (Å²) < 4.78 is 5.42. The minimum atomic E-state index is 0.0277. The van der Waals surface area contributed by atoms with E-state index in [1.807, 2.05) is 6.20 Å². The van der Waals surface area contributed by atoms with Gasteiger partial charge in [0.05, 0.1) is 6.10 Å². The standard InChI is InChI=1S/C14H24N2O/c1-4-6-14(17-3)13(15)9-12-8-7-11(5-2)10-16-12/h7-8,10,13-14H,4-6,9,15H2,1-3H3. The lowest BCUT2D eigenvalue weighted by Crippen LogP contribution is -2.38. The second kappa shape index (κ2) is 7.41. The number of pyridine rings is 1. The van der Waals surface area contributed by atoms with Crippen molar-refractivity contribution in [2.45, 2.75) is 51.7 Å². The van der Waals surface area contributed by atoms with Crippen LogP contribution in [0.2, 0.25) is 0 Å². The molecule has 0 amide bonds. The largest absolute Gasteiger partial charge is 0.380 e. The van der Waals surface area contributed by atoms with Gasteiger partial charge in [0, 0.05) is 31.5 Å². The zero-order valence-electron chi connectivity index (χ0n) is 11.1. The van der Waals surface area contributed by atoms with Crippen LogP contribution in [-0.4, -0.2) is 24.2 Å². The van der Waals surface area contributed by atoms with Gasteiger partial charge >= 0.3 is 0 Å². The lowest BCUT2D eigenvalue weighted by atomic mass is 10.0. The Morgan fingerprint density at radius 2 is 2.12 bits per heavy atom. The third kappa shape index (κ3) is 4.44. The maximum atomic E-state index is 6.15. The van der Waals surface area contributed by atoms with E-state index in [1.165, 1.54) is 5.56 Å². The third-order valence-electron chi connectivity index (χ3n) is 3.09. The van der Waals surface area contributed by atoms with Gasteiger partial charge in [-0.25, -0.2) is 0 Å². The lowest BCUT2D eigenvalue weighted by molar-refractivity contribution is 0.0724. The Bertz CT molecular complexity index is 311. The van der Waals surface area contributed by atoms with Crippen molar-refractivity contribution in [3.8, 4) is 0 Å². The summed E-state index contributed by atoms with van der Waals surface area (Å²) in [5, 5.41) is 0. The summed E-state index contributed by atoms with van der Waals surface area (Å²) >= 11 is 0. The van der Waals surface area contributed by atoms with Gasteiger partial charge in [-0.2, -0.15) is 0 Å². The third-order valence-corrected chi connectivity index (χ3v) is 3.09. The number of nitrogens with two attached hydrogens (primary N) is 1. The van der Waals surface area contributed by atoms with Crippen LogP contribution in [0.4, 0.5) is 0 Å². The smallest absolute Gasteiger partial charge is 0.0725 e. The van der Waals surface area contributed by atoms with Crippen LogP contribution >= 0.6 is 0 Å². The van der Waals surface area contributed by atoms with Crippen molar-refractivity contribution in [1.82, 2.24) is 4.98 Å². The molecule has 0 spiro atoms. The fourth-order valence-electron chi connectivity index (χ4n) is 1.95. The highest BCUT2D eigenvalue weighted by atomic mass is 16.5. The molecule has 1 aromatic heterocycles. The van der Waals surface area contributed by atoms with Crippen LogP contribution in [0.15, 0.2) is 18.3 Å². The van der Waals surface area contributed by atoms with E-state index >= 15 is 0 Å². The molecule has 3 nitrogen and oxygen atoms in total. The molecule has 1 rings (SSSR count). The summed E-state index contributed by atoms with van der Waals surface area (Å²) in [6.07, 6.45) is 5.97. The molecular formula is C14H24N2O. The van der Waals surface area contributed by atoms with E-state index in [0.717, 1.165) is 31.4 Å². The predicted molar refractivity (Wildman–Crippen MR) is 71.0 cm³/mol. The quantitative estimate of drug-likeness (QED) is 0.790. The van der Waals surface area contributed by atoms with Crippen LogP contribution in [0.1, 0.15) is 37.9 Å². The van der Waals surface area contributed by atoms with Crippen LogP contribution in [0.3, 0.4) is 0 Å². The molecule has 2 unspecified atom stereocenters. The van der Waals surface area contributed by atoms with E-state index < -0.39 is 0 Å². The van der Waals surface area contributed by atoms with Gasteiger partial charge in [0.1, 0.15) is 0 Å². The summed E-state index contributed by atoms with van der Waals surface area (Å²) in [5.74, 6) is 0. The molecule has 0 saturated heterocycles. The number of aromatic nitrogens is 1. The first kappa shape index (κ1) is 14.1. The van der Waals surface area contributed by atoms with E-state index in [9.17, 15) is 0 Å². The molecular weight excluding hydrogens is 212 g/mol. The minimum Gasteiger partial charge on any atom is -0.380 e. The van der Waals surface area contributed by atoms with Crippen LogP contribution in [0, 0.1) is 0 Å². The number of methoxy groups -OCH3 is 1. The van der Waals surface area contributed by atoms with Gasteiger partial charge in [0.25, 0.3) is 0 Å². The molecule has 0 aromatic carbocycles. The zero-order chi connectivity index (χ0) is 12.7. The van der Waals surface area contributed by atoms with Gasteiger partial charge < -0.3 is 10.5 Å². The summed E-state index contributed by atoms with van der Waals surface area (Å²) in [7, 11) is 1.73. The van der Waals surface area contributed by atoms with Crippen molar-refractivity contribution in [3.63, 3.8) is 0 Å².